The van der Waals surface area contributed by atoms with E-state index in [9.17, 15) is 9.59 Å². The molecule has 1 aliphatic heterocycles. The SMILES string of the molecule is COc1ccc(NC(=O)C2CCN(CC(=O)Nc3ccc(C)c(C)c3)CC2)cc1Cl. The third kappa shape index (κ3) is 5.74. The summed E-state index contributed by atoms with van der Waals surface area (Å²) in [4.78, 5) is 27.0. The fourth-order valence-electron chi connectivity index (χ4n) is 3.56. The quantitative estimate of drug-likeness (QED) is 0.720. The Balaban J connectivity index is 1.45. The Morgan fingerprint density at radius 1 is 1.03 bits per heavy atom. The van der Waals surface area contributed by atoms with E-state index in [4.69, 9.17) is 16.3 Å². The number of hydrogen-bond acceptors (Lipinski definition) is 4. The molecule has 2 amide bonds. The Hall–Kier alpha value is -2.57. The van der Waals surface area contributed by atoms with Gasteiger partial charge in [0.15, 0.2) is 0 Å². The zero-order valence-corrected chi connectivity index (χ0v) is 18.4. The predicted molar refractivity (Wildman–Crippen MR) is 120 cm³/mol. The number of piperidine rings is 1. The largest absolute Gasteiger partial charge is 0.495 e. The van der Waals surface area contributed by atoms with Gasteiger partial charge in [-0.2, -0.15) is 0 Å². The Morgan fingerprint density at radius 2 is 1.70 bits per heavy atom. The Bertz CT molecular complexity index is 924. The molecule has 2 N–H and O–H groups in total. The Morgan fingerprint density at radius 3 is 2.33 bits per heavy atom. The van der Waals surface area contributed by atoms with Crippen LogP contribution in [0.4, 0.5) is 11.4 Å². The van der Waals surface area contributed by atoms with Crippen LogP contribution < -0.4 is 15.4 Å². The van der Waals surface area contributed by atoms with Crippen LogP contribution >= 0.6 is 11.6 Å². The topological polar surface area (TPSA) is 70.7 Å². The van der Waals surface area contributed by atoms with Crippen LogP contribution in [0, 0.1) is 19.8 Å². The Kier molecular flexibility index (Phi) is 7.34. The van der Waals surface area contributed by atoms with E-state index in [2.05, 4.69) is 15.5 Å². The van der Waals surface area contributed by atoms with Crippen molar-refractivity contribution < 1.29 is 14.3 Å². The summed E-state index contributed by atoms with van der Waals surface area (Å²) in [5, 5.41) is 6.34. The van der Waals surface area contributed by atoms with Crippen LogP contribution in [0.15, 0.2) is 36.4 Å². The zero-order valence-electron chi connectivity index (χ0n) is 17.6. The fraction of sp³-hybridized carbons (Fsp3) is 0.391. The third-order valence-electron chi connectivity index (χ3n) is 5.54. The number of methoxy groups -OCH3 is 1. The second kappa shape index (κ2) is 9.96. The molecule has 3 rings (SSSR count). The number of anilines is 2. The van der Waals surface area contributed by atoms with E-state index in [1.165, 1.54) is 5.56 Å². The lowest BCUT2D eigenvalue weighted by Gasteiger charge is -2.30. The van der Waals surface area contributed by atoms with E-state index >= 15 is 0 Å². The molecule has 0 unspecified atom stereocenters. The second-order valence-electron chi connectivity index (χ2n) is 7.74. The van der Waals surface area contributed by atoms with Gasteiger partial charge in [0.05, 0.1) is 18.7 Å². The number of ether oxygens (including phenoxy) is 1. The molecule has 30 heavy (non-hydrogen) atoms. The molecule has 160 valence electrons. The molecule has 6 nitrogen and oxygen atoms in total. The maximum atomic E-state index is 12.6. The van der Waals surface area contributed by atoms with Crippen molar-refractivity contribution in [1.82, 2.24) is 4.90 Å². The van der Waals surface area contributed by atoms with Crippen molar-refractivity contribution in [1.29, 1.82) is 0 Å². The van der Waals surface area contributed by atoms with E-state index < -0.39 is 0 Å². The maximum absolute atomic E-state index is 12.6. The molecule has 0 saturated carbocycles. The predicted octanol–water partition coefficient (Wildman–Crippen LogP) is 4.25. The highest BCUT2D eigenvalue weighted by Crippen LogP contribution is 2.28. The summed E-state index contributed by atoms with van der Waals surface area (Å²) in [6.07, 6.45) is 1.43. The van der Waals surface area contributed by atoms with E-state index in [0.717, 1.165) is 11.3 Å². The third-order valence-corrected chi connectivity index (χ3v) is 5.83. The van der Waals surface area contributed by atoms with Crippen LogP contribution in [0.1, 0.15) is 24.0 Å². The van der Waals surface area contributed by atoms with Crippen molar-refractivity contribution in [2.24, 2.45) is 5.92 Å². The smallest absolute Gasteiger partial charge is 0.238 e. The summed E-state index contributed by atoms with van der Waals surface area (Å²) in [6, 6.07) is 11.1. The average molecular weight is 430 g/mol. The van der Waals surface area contributed by atoms with Crippen molar-refractivity contribution >= 4 is 34.8 Å². The highest BCUT2D eigenvalue weighted by molar-refractivity contribution is 6.32. The number of carbonyl (C=O) groups is 2. The van der Waals surface area contributed by atoms with Crippen LogP contribution in [-0.4, -0.2) is 43.5 Å². The van der Waals surface area contributed by atoms with Crippen molar-refractivity contribution in [3.63, 3.8) is 0 Å². The van der Waals surface area contributed by atoms with Gasteiger partial charge in [0.25, 0.3) is 0 Å². The number of amides is 2. The number of halogens is 1. The van der Waals surface area contributed by atoms with Gasteiger partial charge in [0, 0.05) is 17.3 Å². The molecule has 7 heteroatoms. The molecule has 0 bridgehead atoms. The van der Waals surface area contributed by atoms with Gasteiger partial charge in [-0.1, -0.05) is 17.7 Å². The standard InChI is InChI=1S/C23H28ClN3O3/c1-15-4-5-18(12-16(15)2)25-22(28)14-27-10-8-17(9-11-27)23(29)26-19-6-7-21(30-3)20(24)13-19/h4-7,12-13,17H,8-11,14H2,1-3H3,(H,25,28)(H,26,29). The minimum absolute atomic E-state index is 0.0181. The molecule has 1 saturated heterocycles. The first kappa shape index (κ1) is 22.1. The molecular weight excluding hydrogens is 402 g/mol. The van der Waals surface area contributed by atoms with Crippen molar-refractivity contribution in [3.05, 3.63) is 52.5 Å². The lowest BCUT2D eigenvalue weighted by atomic mass is 9.95. The van der Waals surface area contributed by atoms with Gasteiger partial charge in [-0.3, -0.25) is 14.5 Å². The molecule has 0 spiro atoms. The summed E-state index contributed by atoms with van der Waals surface area (Å²) in [5.41, 5.74) is 3.82. The number of carbonyl (C=O) groups excluding carboxylic acids is 2. The summed E-state index contributed by atoms with van der Waals surface area (Å²) in [6.45, 7) is 5.82. The molecule has 1 aliphatic rings. The van der Waals surface area contributed by atoms with Gasteiger partial charge in [0.1, 0.15) is 5.75 Å². The van der Waals surface area contributed by atoms with Crippen LogP contribution in [-0.2, 0) is 9.59 Å². The van der Waals surface area contributed by atoms with Crippen LogP contribution in [0.5, 0.6) is 5.75 Å². The maximum Gasteiger partial charge on any atom is 0.238 e. The number of aryl methyl sites for hydroxylation is 2. The first-order chi connectivity index (χ1) is 14.4. The normalized spacial score (nSPS) is 14.9. The minimum atomic E-state index is -0.0788. The van der Waals surface area contributed by atoms with Crippen molar-refractivity contribution in [2.75, 3.05) is 37.4 Å². The summed E-state index contributed by atoms with van der Waals surface area (Å²) < 4.78 is 5.13. The monoisotopic (exact) mass is 429 g/mol. The summed E-state index contributed by atoms with van der Waals surface area (Å²) in [5.74, 6) is 0.441. The molecule has 0 atom stereocenters. The van der Waals surface area contributed by atoms with E-state index in [1.807, 2.05) is 32.0 Å². The van der Waals surface area contributed by atoms with Gasteiger partial charge >= 0.3 is 0 Å². The number of benzene rings is 2. The van der Waals surface area contributed by atoms with E-state index in [-0.39, 0.29) is 17.7 Å². The van der Waals surface area contributed by atoms with Gasteiger partial charge in [0.2, 0.25) is 11.8 Å². The van der Waals surface area contributed by atoms with Crippen LogP contribution in [0.2, 0.25) is 5.02 Å². The van der Waals surface area contributed by atoms with E-state index in [1.54, 1.807) is 25.3 Å². The minimum Gasteiger partial charge on any atom is -0.495 e. The zero-order chi connectivity index (χ0) is 21.7. The van der Waals surface area contributed by atoms with Gasteiger partial charge < -0.3 is 15.4 Å². The number of rotatable bonds is 6. The van der Waals surface area contributed by atoms with Crippen molar-refractivity contribution in [2.45, 2.75) is 26.7 Å². The molecule has 0 radical (unpaired) electrons. The molecule has 0 aliphatic carbocycles. The molecule has 2 aromatic rings. The lowest BCUT2D eigenvalue weighted by molar-refractivity contribution is -0.121. The number of likely N-dealkylation sites (tertiary alicyclic amines) is 1. The first-order valence-corrected chi connectivity index (χ1v) is 10.5. The average Bonchev–Trinajstić information content (AvgIpc) is 2.71. The number of nitrogens with one attached hydrogen (secondary N) is 2. The molecular formula is C23H28ClN3O3. The van der Waals surface area contributed by atoms with Crippen LogP contribution in [0.3, 0.4) is 0 Å². The summed E-state index contributed by atoms with van der Waals surface area (Å²) in [7, 11) is 1.55. The van der Waals surface area contributed by atoms with Crippen molar-refractivity contribution in [3.8, 4) is 5.75 Å². The number of nitrogens with zero attached hydrogens (tertiary/aromatic N) is 1. The number of hydrogen-bond donors (Lipinski definition) is 2. The van der Waals surface area contributed by atoms with Gasteiger partial charge in [-0.15, -0.1) is 0 Å². The van der Waals surface area contributed by atoms with Gasteiger partial charge in [-0.05, 0) is 81.2 Å². The molecule has 1 fully saturated rings. The molecule has 0 aromatic heterocycles. The second-order valence-corrected chi connectivity index (χ2v) is 8.14. The first-order valence-electron chi connectivity index (χ1n) is 10.1. The van der Waals surface area contributed by atoms with E-state index in [0.29, 0.717) is 48.9 Å². The van der Waals surface area contributed by atoms with Gasteiger partial charge in [-0.25, -0.2) is 0 Å². The molecule has 1 heterocycles. The fourth-order valence-corrected chi connectivity index (χ4v) is 3.82. The lowest BCUT2D eigenvalue weighted by Crippen LogP contribution is -2.41. The molecule has 2 aromatic carbocycles. The summed E-state index contributed by atoms with van der Waals surface area (Å²) >= 11 is 6.12. The Labute approximate surface area is 182 Å². The highest BCUT2D eigenvalue weighted by atomic mass is 35.5. The van der Waals surface area contributed by atoms with Crippen LogP contribution in [0.25, 0.3) is 0 Å². The highest BCUT2D eigenvalue weighted by Gasteiger charge is 2.26.